The molecule has 2 amide bonds. The van der Waals surface area contributed by atoms with Crippen molar-refractivity contribution in [3.8, 4) is 0 Å². The summed E-state index contributed by atoms with van der Waals surface area (Å²) in [5.41, 5.74) is -1.04. The number of carbonyl (C=O) groups excluding carboxylic acids is 1. The Bertz CT molecular complexity index is 385. The van der Waals surface area contributed by atoms with Crippen molar-refractivity contribution in [1.29, 1.82) is 0 Å². The van der Waals surface area contributed by atoms with Crippen molar-refractivity contribution in [1.82, 2.24) is 10.2 Å². The third-order valence-corrected chi connectivity index (χ3v) is 5.15. The Morgan fingerprint density at radius 1 is 1.30 bits per heavy atom. The van der Waals surface area contributed by atoms with Gasteiger partial charge in [0.15, 0.2) is 0 Å². The van der Waals surface area contributed by atoms with Gasteiger partial charge in [-0.05, 0) is 38.0 Å². The van der Waals surface area contributed by atoms with Crippen LogP contribution in [0.25, 0.3) is 0 Å². The minimum Gasteiger partial charge on any atom is -0.480 e. The van der Waals surface area contributed by atoms with E-state index in [0.717, 1.165) is 12.8 Å². The van der Waals surface area contributed by atoms with E-state index in [9.17, 15) is 14.7 Å². The molecule has 1 saturated carbocycles. The number of urea groups is 1. The number of carboxylic acid groups (broad SMARTS) is 1. The number of carbonyl (C=O) groups is 2. The van der Waals surface area contributed by atoms with E-state index in [0.29, 0.717) is 31.3 Å². The van der Waals surface area contributed by atoms with Gasteiger partial charge in [-0.1, -0.05) is 26.2 Å². The molecule has 0 radical (unpaired) electrons. The third kappa shape index (κ3) is 2.91. The molecule has 5 nitrogen and oxygen atoms in total. The molecule has 2 fully saturated rings. The molecule has 114 valence electrons. The normalized spacial score (nSPS) is 34.0. The minimum absolute atomic E-state index is 0.217. The van der Waals surface area contributed by atoms with E-state index >= 15 is 0 Å². The predicted molar refractivity (Wildman–Crippen MR) is 76.5 cm³/mol. The lowest BCUT2D eigenvalue weighted by atomic mass is 9.80. The molecule has 1 saturated heterocycles. The number of aliphatic carboxylic acids is 1. The molecule has 0 aromatic rings. The summed E-state index contributed by atoms with van der Waals surface area (Å²) >= 11 is 0. The molecule has 1 aliphatic heterocycles. The van der Waals surface area contributed by atoms with Gasteiger partial charge in [0.25, 0.3) is 0 Å². The summed E-state index contributed by atoms with van der Waals surface area (Å²) in [4.78, 5) is 25.1. The number of likely N-dealkylation sites (tertiary alicyclic amines) is 1. The average molecular weight is 282 g/mol. The van der Waals surface area contributed by atoms with Gasteiger partial charge in [0.05, 0.1) is 0 Å². The zero-order valence-corrected chi connectivity index (χ0v) is 12.5. The summed E-state index contributed by atoms with van der Waals surface area (Å²) in [6.45, 7) is 5.10. The molecule has 3 unspecified atom stereocenters. The minimum atomic E-state index is -1.04. The summed E-state index contributed by atoms with van der Waals surface area (Å²) in [7, 11) is 0. The second-order valence-electron chi connectivity index (χ2n) is 6.54. The predicted octanol–water partition coefficient (Wildman–Crippen LogP) is 2.46. The molecule has 20 heavy (non-hydrogen) atoms. The maximum Gasteiger partial charge on any atom is 0.329 e. The van der Waals surface area contributed by atoms with Crippen LogP contribution in [0.2, 0.25) is 0 Å². The van der Waals surface area contributed by atoms with Gasteiger partial charge in [-0.3, -0.25) is 0 Å². The van der Waals surface area contributed by atoms with Crippen LogP contribution in [0.3, 0.4) is 0 Å². The number of amides is 2. The molecular weight excluding hydrogens is 256 g/mol. The first-order valence-electron chi connectivity index (χ1n) is 7.74. The van der Waals surface area contributed by atoms with Crippen LogP contribution in [0, 0.1) is 11.8 Å². The fraction of sp³-hybridized carbons (Fsp3) is 0.867. The highest BCUT2D eigenvalue weighted by Gasteiger charge is 2.46. The number of rotatable bonds is 3. The maximum atomic E-state index is 12.3. The van der Waals surface area contributed by atoms with E-state index in [1.165, 1.54) is 24.2 Å². The molecule has 5 heteroatoms. The van der Waals surface area contributed by atoms with Gasteiger partial charge in [-0.25, -0.2) is 9.59 Å². The summed E-state index contributed by atoms with van der Waals surface area (Å²) in [6, 6.07) is -0.217. The largest absolute Gasteiger partial charge is 0.480 e. The highest BCUT2D eigenvalue weighted by Crippen LogP contribution is 2.31. The Kier molecular flexibility index (Phi) is 4.55. The van der Waals surface area contributed by atoms with E-state index in [-0.39, 0.29) is 6.03 Å². The van der Waals surface area contributed by atoms with Gasteiger partial charge in [0, 0.05) is 13.1 Å². The second kappa shape index (κ2) is 6.02. The Morgan fingerprint density at radius 3 is 2.65 bits per heavy atom. The standard InChI is InChI=1S/C15H26N2O3/c1-11-6-3-4-7-12(11)10-16-14(20)17-9-5-8-15(17,2)13(18)19/h11-12H,3-10H2,1-2H3,(H,16,20)(H,18,19). The Hall–Kier alpha value is -1.26. The number of hydrogen-bond acceptors (Lipinski definition) is 2. The summed E-state index contributed by atoms with van der Waals surface area (Å²) in [5, 5.41) is 12.3. The molecule has 0 bridgehead atoms. The van der Waals surface area contributed by atoms with Crippen molar-refractivity contribution in [2.24, 2.45) is 11.8 Å². The van der Waals surface area contributed by atoms with Crippen molar-refractivity contribution < 1.29 is 14.7 Å². The second-order valence-corrected chi connectivity index (χ2v) is 6.54. The van der Waals surface area contributed by atoms with Gasteiger partial charge in [-0.2, -0.15) is 0 Å². The van der Waals surface area contributed by atoms with Crippen molar-refractivity contribution >= 4 is 12.0 Å². The molecule has 0 spiro atoms. The smallest absolute Gasteiger partial charge is 0.329 e. The molecule has 2 aliphatic rings. The highest BCUT2D eigenvalue weighted by atomic mass is 16.4. The van der Waals surface area contributed by atoms with Gasteiger partial charge in [0.2, 0.25) is 0 Å². The van der Waals surface area contributed by atoms with E-state index in [2.05, 4.69) is 12.2 Å². The molecule has 1 heterocycles. The quantitative estimate of drug-likeness (QED) is 0.835. The monoisotopic (exact) mass is 282 g/mol. The van der Waals surface area contributed by atoms with E-state index in [4.69, 9.17) is 0 Å². The van der Waals surface area contributed by atoms with Gasteiger partial charge in [-0.15, -0.1) is 0 Å². The number of nitrogens with zero attached hydrogens (tertiary/aromatic N) is 1. The fourth-order valence-corrected chi connectivity index (χ4v) is 3.52. The fourth-order valence-electron chi connectivity index (χ4n) is 3.52. The average Bonchev–Trinajstić information content (AvgIpc) is 2.81. The Labute approximate surface area is 120 Å². The lowest BCUT2D eigenvalue weighted by Crippen LogP contribution is -2.54. The molecule has 2 rings (SSSR count). The third-order valence-electron chi connectivity index (χ3n) is 5.15. The van der Waals surface area contributed by atoms with Crippen molar-refractivity contribution in [3.05, 3.63) is 0 Å². The van der Waals surface area contributed by atoms with Crippen LogP contribution in [0.15, 0.2) is 0 Å². The van der Waals surface area contributed by atoms with E-state index < -0.39 is 11.5 Å². The van der Waals surface area contributed by atoms with E-state index in [1.807, 2.05) is 0 Å². The first kappa shape index (κ1) is 15.1. The number of hydrogen-bond donors (Lipinski definition) is 2. The van der Waals surface area contributed by atoms with Crippen LogP contribution in [0.5, 0.6) is 0 Å². The van der Waals surface area contributed by atoms with Crippen molar-refractivity contribution in [2.75, 3.05) is 13.1 Å². The lowest BCUT2D eigenvalue weighted by Gasteiger charge is -2.33. The molecule has 3 atom stereocenters. The number of carboxylic acids is 1. The van der Waals surface area contributed by atoms with Crippen LogP contribution in [0.4, 0.5) is 4.79 Å². The Morgan fingerprint density at radius 2 is 2.00 bits per heavy atom. The van der Waals surface area contributed by atoms with Gasteiger partial charge >= 0.3 is 12.0 Å². The Balaban J connectivity index is 1.90. The van der Waals surface area contributed by atoms with Crippen LogP contribution in [-0.2, 0) is 4.79 Å². The zero-order chi connectivity index (χ0) is 14.8. The van der Waals surface area contributed by atoms with Crippen LogP contribution in [0.1, 0.15) is 52.4 Å². The highest BCUT2D eigenvalue weighted by molar-refractivity contribution is 5.86. The molecule has 1 aliphatic carbocycles. The van der Waals surface area contributed by atoms with Crippen LogP contribution < -0.4 is 5.32 Å². The summed E-state index contributed by atoms with van der Waals surface area (Å²) in [6.07, 6.45) is 6.22. The summed E-state index contributed by atoms with van der Waals surface area (Å²) in [5.74, 6) is 0.274. The first-order chi connectivity index (χ1) is 9.45. The summed E-state index contributed by atoms with van der Waals surface area (Å²) < 4.78 is 0. The lowest BCUT2D eigenvalue weighted by molar-refractivity contribution is -0.147. The SMILES string of the molecule is CC1CCCCC1CNC(=O)N1CCCC1(C)C(=O)O. The molecule has 0 aromatic carbocycles. The van der Waals surface area contributed by atoms with Crippen LogP contribution >= 0.6 is 0 Å². The topological polar surface area (TPSA) is 69.6 Å². The number of nitrogens with one attached hydrogen (secondary N) is 1. The maximum absolute atomic E-state index is 12.3. The van der Waals surface area contributed by atoms with Gasteiger partial charge in [0.1, 0.15) is 5.54 Å². The van der Waals surface area contributed by atoms with E-state index in [1.54, 1.807) is 6.92 Å². The van der Waals surface area contributed by atoms with Crippen molar-refractivity contribution in [3.63, 3.8) is 0 Å². The van der Waals surface area contributed by atoms with Crippen LogP contribution in [-0.4, -0.2) is 40.6 Å². The molecule has 0 aromatic heterocycles. The zero-order valence-electron chi connectivity index (χ0n) is 12.5. The van der Waals surface area contributed by atoms with Gasteiger partial charge < -0.3 is 15.3 Å². The molecule has 2 N–H and O–H groups in total. The van der Waals surface area contributed by atoms with Crippen molar-refractivity contribution in [2.45, 2.75) is 57.9 Å². The molecular formula is C15H26N2O3. The first-order valence-corrected chi connectivity index (χ1v) is 7.74.